The van der Waals surface area contributed by atoms with Crippen LogP contribution < -0.4 is 0 Å². The van der Waals surface area contributed by atoms with E-state index < -0.39 is 39.3 Å². The van der Waals surface area contributed by atoms with Crippen molar-refractivity contribution < 1.29 is 22.7 Å². The Morgan fingerprint density at radius 2 is 1.89 bits per heavy atom. The Morgan fingerprint density at radius 1 is 1.30 bits per heavy atom. The molecule has 1 saturated heterocycles. The van der Waals surface area contributed by atoms with Crippen molar-refractivity contribution in [3.8, 4) is 0 Å². The highest BCUT2D eigenvalue weighted by atomic mass is 32.2. The maximum absolute atomic E-state index is 13.2. The Morgan fingerprint density at radius 3 is 2.41 bits per heavy atom. The zero-order valence-corrected chi connectivity index (χ0v) is 16.7. The summed E-state index contributed by atoms with van der Waals surface area (Å²) in [4.78, 5) is 25.4. The van der Waals surface area contributed by atoms with Gasteiger partial charge in [0.15, 0.2) is 0 Å². The van der Waals surface area contributed by atoms with Crippen molar-refractivity contribution in [2.45, 2.75) is 38.1 Å². The maximum Gasteiger partial charge on any atom is 0.335 e. The van der Waals surface area contributed by atoms with E-state index in [0.29, 0.717) is 6.42 Å². The first-order valence-corrected chi connectivity index (χ1v) is 10.1. The smallest absolute Gasteiger partial charge is 0.335 e. The molecule has 0 N–H and O–H groups in total. The summed E-state index contributed by atoms with van der Waals surface area (Å²) in [6.07, 6.45) is 1.85. The van der Waals surface area contributed by atoms with Crippen molar-refractivity contribution in [3.63, 3.8) is 0 Å². The zero-order chi connectivity index (χ0) is 20.1. The monoisotopic (exact) mass is 389 g/mol. The number of aryl methyl sites for hydroxylation is 1. The Bertz CT molecular complexity index is 961. The fourth-order valence-electron chi connectivity index (χ4n) is 3.83. The number of hydrogen-bond acceptors (Lipinski definition) is 5. The second-order valence-electron chi connectivity index (χ2n) is 7.46. The van der Waals surface area contributed by atoms with Crippen LogP contribution in [0.3, 0.4) is 0 Å². The highest BCUT2D eigenvalue weighted by molar-refractivity contribution is 7.89. The molecule has 2 bridgehead atoms. The molecule has 0 unspecified atom stereocenters. The van der Waals surface area contributed by atoms with Gasteiger partial charge in [-0.1, -0.05) is 42.8 Å². The number of rotatable bonds is 4. The van der Waals surface area contributed by atoms with Crippen molar-refractivity contribution in [2.24, 2.45) is 11.3 Å². The number of sulfonamides is 1. The number of methoxy groups -OCH3 is 1. The lowest BCUT2D eigenvalue weighted by Gasteiger charge is -2.52. The first kappa shape index (κ1) is 19.4. The van der Waals surface area contributed by atoms with Gasteiger partial charge in [-0.2, -0.15) is 0 Å². The summed E-state index contributed by atoms with van der Waals surface area (Å²) in [5, 5.41) is 0. The number of amides is 1. The number of fused-ring (bicyclic) bond motifs is 2. The SMILES string of the molecule is C=C(C)[C@@]1(C)C[C@@H]2C(C(=O)OC)=C[C@H]1C(=O)N2S(=O)(=O)c1ccc(C)cc1. The summed E-state index contributed by atoms with van der Waals surface area (Å²) in [5.74, 6) is -1.94. The molecule has 1 fully saturated rings. The molecule has 1 aromatic carbocycles. The minimum absolute atomic E-state index is 0.0234. The maximum atomic E-state index is 13.2. The summed E-state index contributed by atoms with van der Waals surface area (Å²) in [6.45, 7) is 9.53. The number of ether oxygens (including phenoxy) is 1. The summed E-state index contributed by atoms with van der Waals surface area (Å²) in [5.41, 5.74) is 1.28. The van der Waals surface area contributed by atoms with Crippen molar-refractivity contribution in [1.82, 2.24) is 4.31 Å². The van der Waals surface area contributed by atoms with Crippen LogP contribution in [-0.2, 0) is 24.3 Å². The van der Waals surface area contributed by atoms with E-state index >= 15 is 0 Å². The molecule has 0 aromatic heterocycles. The highest BCUT2D eigenvalue weighted by Gasteiger charge is 2.58. The number of piperidine rings is 1. The van der Waals surface area contributed by atoms with Crippen molar-refractivity contribution in [1.29, 1.82) is 0 Å². The molecular weight excluding hydrogens is 366 g/mol. The molecule has 2 heterocycles. The summed E-state index contributed by atoms with van der Waals surface area (Å²) < 4.78 is 32.2. The minimum Gasteiger partial charge on any atom is -0.466 e. The van der Waals surface area contributed by atoms with Crippen molar-refractivity contribution >= 4 is 21.9 Å². The third kappa shape index (κ3) is 2.81. The Hall–Kier alpha value is -2.41. The first-order chi connectivity index (χ1) is 12.5. The highest BCUT2D eigenvalue weighted by Crippen LogP contribution is 2.52. The van der Waals surface area contributed by atoms with Crippen LogP contribution >= 0.6 is 0 Å². The number of benzene rings is 1. The van der Waals surface area contributed by atoms with Gasteiger partial charge in [0.05, 0.1) is 29.5 Å². The Kier molecular flexibility index (Phi) is 4.54. The molecule has 27 heavy (non-hydrogen) atoms. The Balaban J connectivity index is 2.15. The third-order valence-corrected chi connectivity index (χ3v) is 7.57. The molecule has 7 heteroatoms. The summed E-state index contributed by atoms with van der Waals surface area (Å²) >= 11 is 0. The van der Waals surface area contributed by atoms with Gasteiger partial charge in [-0.25, -0.2) is 17.5 Å². The number of esters is 1. The minimum atomic E-state index is -4.10. The average molecular weight is 389 g/mol. The number of carbonyl (C=O) groups is 2. The Labute approximate surface area is 159 Å². The molecular formula is C20H23NO5S. The second-order valence-corrected chi connectivity index (χ2v) is 9.28. The van der Waals surface area contributed by atoms with Crippen LogP contribution in [0.25, 0.3) is 0 Å². The molecule has 6 nitrogen and oxygen atoms in total. The molecule has 3 aliphatic rings. The molecule has 1 aromatic rings. The molecule has 1 amide bonds. The van der Waals surface area contributed by atoms with E-state index in [4.69, 9.17) is 4.74 Å². The van der Waals surface area contributed by atoms with E-state index in [0.717, 1.165) is 15.4 Å². The van der Waals surface area contributed by atoms with Gasteiger partial charge in [0.1, 0.15) is 0 Å². The lowest BCUT2D eigenvalue weighted by molar-refractivity contribution is -0.143. The van der Waals surface area contributed by atoms with Gasteiger partial charge in [0, 0.05) is 5.41 Å². The van der Waals surface area contributed by atoms with Crippen LogP contribution in [0.5, 0.6) is 0 Å². The molecule has 2 aliphatic heterocycles. The van der Waals surface area contributed by atoms with Crippen LogP contribution in [0, 0.1) is 18.3 Å². The summed E-state index contributed by atoms with van der Waals surface area (Å²) in [6, 6.07) is 5.38. The molecule has 3 atom stereocenters. The third-order valence-electron chi connectivity index (χ3n) is 5.75. The molecule has 0 saturated carbocycles. The van der Waals surface area contributed by atoms with E-state index in [1.807, 2.05) is 20.8 Å². The lowest BCUT2D eigenvalue weighted by Crippen LogP contribution is -2.61. The zero-order valence-electron chi connectivity index (χ0n) is 15.9. The van der Waals surface area contributed by atoms with Crippen molar-refractivity contribution in [3.05, 3.63) is 53.6 Å². The van der Waals surface area contributed by atoms with Gasteiger partial charge in [-0.3, -0.25) is 4.79 Å². The molecule has 0 spiro atoms. The molecule has 144 valence electrons. The van der Waals surface area contributed by atoms with Crippen LogP contribution in [0.1, 0.15) is 25.8 Å². The first-order valence-electron chi connectivity index (χ1n) is 8.65. The molecule has 1 aliphatic carbocycles. The van der Waals surface area contributed by atoms with Gasteiger partial charge < -0.3 is 4.74 Å². The van der Waals surface area contributed by atoms with Gasteiger partial charge >= 0.3 is 5.97 Å². The second kappa shape index (κ2) is 6.34. The van der Waals surface area contributed by atoms with Gasteiger partial charge in [-0.05, 0) is 32.4 Å². The van der Waals surface area contributed by atoms with Crippen LogP contribution in [0.4, 0.5) is 0 Å². The number of hydrogen-bond donors (Lipinski definition) is 0. The van der Waals surface area contributed by atoms with Crippen LogP contribution in [0.2, 0.25) is 0 Å². The largest absolute Gasteiger partial charge is 0.466 e. The van der Waals surface area contributed by atoms with E-state index in [2.05, 4.69) is 6.58 Å². The van der Waals surface area contributed by atoms with Crippen molar-refractivity contribution in [2.75, 3.05) is 7.11 Å². The average Bonchev–Trinajstić information content (AvgIpc) is 2.61. The standard InChI is InChI=1S/C20H23NO5S/c1-12(2)20(4)11-17-15(19(23)26-5)10-16(20)18(22)21(17)27(24,25)14-8-6-13(3)7-9-14/h6-10,16-17H,1,11H2,2-5H3/t16-,17+,20+/m0/s1. The van der Waals surface area contributed by atoms with E-state index in [9.17, 15) is 18.0 Å². The van der Waals surface area contributed by atoms with Crippen LogP contribution in [0.15, 0.2) is 53.0 Å². The van der Waals surface area contributed by atoms with Gasteiger partial charge in [-0.15, -0.1) is 0 Å². The molecule has 4 rings (SSSR count). The number of carbonyl (C=O) groups excluding carboxylic acids is 2. The number of nitrogens with zero attached hydrogens (tertiary/aromatic N) is 1. The predicted octanol–water partition coefficient (Wildman–Crippen LogP) is 2.60. The van der Waals surface area contributed by atoms with E-state index in [-0.39, 0.29) is 10.5 Å². The fraction of sp³-hybridized carbons (Fsp3) is 0.400. The summed E-state index contributed by atoms with van der Waals surface area (Å²) in [7, 11) is -2.86. The molecule has 0 radical (unpaired) electrons. The number of allylic oxidation sites excluding steroid dienone is 1. The van der Waals surface area contributed by atoms with E-state index in [1.165, 1.54) is 19.2 Å². The van der Waals surface area contributed by atoms with E-state index in [1.54, 1.807) is 18.2 Å². The van der Waals surface area contributed by atoms with Crippen LogP contribution in [-0.4, -0.2) is 37.8 Å². The predicted molar refractivity (Wildman–Crippen MR) is 100 cm³/mol. The van der Waals surface area contributed by atoms with Gasteiger partial charge in [0.25, 0.3) is 10.0 Å². The quantitative estimate of drug-likeness (QED) is 0.584. The fourth-order valence-corrected chi connectivity index (χ4v) is 5.41. The van der Waals surface area contributed by atoms with Gasteiger partial charge in [0.2, 0.25) is 5.91 Å². The topological polar surface area (TPSA) is 80.8 Å². The lowest BCUT2D eigenvalue weighted by atomic mass is 9.61. The normalized spacial score (nSPS) is 27.3.